The van der Waals surface area contributed by atoms with E-state index in [1.54, 1.807) is 6.92 Å². The van der Waals surface area contributed by atoms with Crippen LogP contribution in [0.1, 0.15) is 18.1 Å². The lowest BCUT2D eigenvalue weighted by molar-refractivity contribution is -0.137. The Morgan fingerprint density at radius 2 is 1.77 bits per heavy atom. The first-order valence-electron chi connectivity index (χ1n) is 6.79. The number of rotatable bonds is 4. The molecule has 1 heterocycles. The van der Waals surface area contributed by atoms with Gasteiger partial charge in [-0.15, -0.1) is 0 Å². The second-order valence-electron chi connectivity index (χ2n) is 5.24. The minimum Gasteiger partial charge on any atom is -0.340 e. The highest BCUT2D eigenvalue weighted by atomic mass is 32.2. The van der Waals surface area contributed by atoms with Gasteiger partial charge in [0.05, 0.1) is 17.2 Å². The number of benzene rings is 1. The maximum atomic E-state index is 12.4. The van der Waals surface area contributed by atoms with Crippen molar-refractivity contribution < 1.29 is 26.4 Å². The van der Waals surface area contributed by atoms with Crippen LogP contribution in [0, 0.1) is 0 Å². The van der Waals surface area contributed by atoms with Crippen molar-refractivity contribution in [3.05, 3.63) is 35.4 Å². The summed E-state index contributed by atoms with van der Waals surface area (Å²) in [5, 5.41) is -0.519. The maximum absolute atomic E-state index is 12.4. The monoisotopic (exact) mass is 335 g/mol. The van der Waals surface area contributed by atoms with Gasteiger partial charge in [-0.25, -0.2) is 8.42 Å². The van der Waals surface area contributed by atoms with Crippen LogP contribution in [-0.4, -0.2) is 43.3 Å². The van der Waals surface area contributed by atoms with Gasteiger partial charge in [-0.05, 0) is 17.7 Å². The van der Waals surface area contributed by atoms with E-state index in [0.29, 0.717) is 5.56 Å². The van der Waals surface area contributed by atoms with Crippen LogP contribution >= 0.6 is 0 Å². The number of hydrogen-bond donors (Lipinski definition) is 0. The first-order valence-corrected chi connectivity index (χ1v) is 8.50. The standard InChI is InChI=1S/C14H16F3NO3S/c1-2-22(20,21)12-8-18(9-12)13(19)7-10-3-5-11(6-4-10)14(15,16)17/h3-6,12H,2,7-9H2,1H3. The van der Waals surface area contributed by atoms with Gasteiger partial charge < -0.3 is 4.90 Å². The Morgan fingerprint density at radius 3 is 2.23 bits per heavy atom. The fourth-order valence-corrected chi connectivity index (χ4v) is 3.49. The van der Waals surface area contributed by atoms with Crippen LogP contribution < -0.4 is 0 Å². The van der Waals surface area contributed by atoms with Crippen LogP contribution in [0.4, 0.5) is 13.2 Å². The zero-order chi connectivity index (χ0) is 16.5. The Kier molecular flexibility index (Phi) is 4.51. The van der Waals surface area contributed by atoms with Crippen LogP contribution in [0.2, 0.25) is 0 Å². The fraction of sp³-hybridized carbons (Fsp3) is 0.500. The second kappa shape index (κ2) is 5.91. The Morgan fingerprint density at radius 1 is 1.23 bits per heavy atom. The number of halogens is 3. The number of amides is 1. The van der Waals surface area contributed by atoms with E-state index < -0.39 is 26.8 Å². The average molecular weight is 335 g/mol. The number of nitrogens with zero attached hydrogens (tertiary/aromatic N) is 1. The molecule has 0 saturated carbocycles. The number of carbonyl (C=O) groups excluding carboxylic acids is 1. The van der Waals surface area contributed by atoms with E-state index in [1.807, 2.05) is 0 Å². The molecule has 1 aromatic rings. The molecular weight excluding hydrogens is 319 g/mol. The SMILES string of the molecule is CCS(=O)(=O)C1CN(C(=O)Cc2ccc(C(F)(F)F)cc2)C1. The minimum absolute atomic E-state index is 0.0307. The molecular formula is C14H16F3NO3S. The molecule has 1 aliphatic heterocycles. The summed E-state index contributed by atoms with van der Waals surface area (Å²) < 4.78 is 60.5. The molecule has 8 heteroatoms. The highest BCUT2D eigenvalue weighted by Crippen LogP contribution is 2.29. The Bertz CT molecular complexity index is 647. The maximum Gasteiger partial charge on any atom is 0.416 e. The van der Waals surface area contributed by atoms with Crippen molar-refractivity contribution in [3.8, 4) is 0 Å². The molecule has 0 atom stereocenters. The first kappa shape index (κ1) is 16.8. The van der Waals surface area contributed by atoms with Gasteiger partial charge in [-0.2, -0.15) is 13.2 Å². The Hall–Kier alpha value is -1.57. The van der Waals surface area contributed by atoms with Crippen LogP contribution in [0.3, 0.4) is 0 Å². The number of sulfone groups is 1. The lowest BCUT2D eigenvalue weighted by Crippen LogP contribution is -2.57. The predicted molar refractivity (Wildman–Crippen MR) is 75.0 cm³/mol. The predicted octanol–water partition coefficient (Wildman–Crippen LogP) is 1.89. The van der Waals surface area contributed by atoms with Crippen molar-refractivity contribution in [1.29, 1.82) is 0 Å². The highest BCUT2D eigenvalue weighted by Gasteiger charge is 2.38. The lowest BCUT2D eigenvalue weighted by atomic mass is 10.1. The highest BCUT2D eigenvalue weighted by molar-refractivity contribution is 7.92. The smallest absolute Gasteiger partial charge is 0.340 e. The summed E-state index contributed by atoms with van der Waals surface area (Å²) in [6.07, 6.45) is -4.43. The van der Waals surface area contributed by atoms with E-state index in [0.717, 1.165) is 12.1 Å². The molecule has 0 bridgehead atoms. The Balaban J connectivity index is 1.92. The van der Waals surface area contributed by atoms with Crippen LogP contribution in [0.25, 0.3) is 0 Å². The number of carbonyl (C=O) groups is 1. The Labute approximate surface area is 126 Å². The molecule has 0 unspecified atom stereocenters. The molecule has 4 nitrogen and oxygen atoms in total. The minimum atomic E-state index is -4.40. The van der Waals surface area contributed by atoms with E-state index in [-0.39, 0.29) is 31.2 Å². The van der Waals surface area contributed by atoms with Crippen molar-refractivity contribution in [2.75, 3.05) is 18.8 Å². The summed E-state index contributed by atoms with van der Waals surface area (Å²) in [6, 6.07) is 4.40. The van der Waals surface area contributed by atoms with Gasteiger partial charge in [0.1, 0.15) is 0 Å². The third kappa shape index (κ3) is 3.60. The molecule has 0 spiro atoms. The van der Waals surface area contributed by atoms with Gasteiger partial charge in [0.15, 0.2) is 9.84 Å². The topological polar surface area (TPSA) is 54.5 Å². The second-order valence-corrected chi connectivity index (χ2v) is 7.81. The number of likely N-dealkylation sites (tertiary alicyclic amines) is 1. The molecule has 0 N–H and O–H groups in total. The molecule has 0 aromatic heterocycles. The molecule has 1 aromatic carbocycles. The molecule has 1 fully saturated rings. The quantitative estimate of drug-likeness (QED) is 0.844. The van der Waals surface area contributed by atoms with Crippen molar-refractivity contribution >= 4 is 15.7 Å². The van der Waals surface area contributed by atoms with E-state index in [9.17, 15) is 26.4 Å². The third-order valence-electron chi connectivity index (χ3n) is 3.75. The van der Waals surface area contributed by atoms with Gasteiger partial charge >= 0.3 is 6.18 Å². The van der Waals surface area contributed by atoms with Crippen molar-refractivity contribution in [2.24, 2.45) is 0 Å². The first-order chi connectivity index (χ1) is 10.1. The van der Waals surface area contributed by atoms with Crippen LogP contribution in [0.5, 0.6) is 0 Å². The molecule has 1 amide bonds. The largest absolute Gasteiger partial charge is 0.416 e. The average Bonchev–Trinajstić information content (AvgIpc) is 2.36. The molecule has 0 aliphatic carbocycles. The van der Waals surface area contributed by atoms with Gasteiger partial charge in [0, 0.05) is 18.8 Å². The van der Waals surface area contributed by atoms with E-state index >= 15 is 0 Å². The summed E-state index contributed by atoms with van der Waals surface area (Å²) in [4.78, 5) is 13.4. The normalized spacial score (nSPS) is 16.5. The molecule has 22 heavy (non-hydrogen) atoms. The zero-order valence-electron chi connectivity index (χ0n) is 11.9. The van der Waals surface area contributed by atoms with Gasteiger partial charge in [-0.3, -0.25) is 4.79 Å². The van der Waals surface area contributed by atoms with Gasteiger partial charge in [0.2, 0.25) is 5.91 Å². The van der Waals surface area contributed by atoms with Gasteiger partial charge in [-0.1, -0.05) is 19.1 Å². The summed E-state index contributed by atoms with van der Waals surface area (Å²) in [5.41, 5.74) is -0.290. The molecule has 0 radical (unpaired) electrons. The molecule has 2 rings (SSSR count). The molecule has 122 valence electrons. The summed E-state index contributed by atoms with van der Waals surface area (Å²) in [6.45, 7) is 1.88. The lowest BCUT2D eigenvalue weighted by Gasteiger charge is -2.38. The summed E-state index contributed by atoms with van der Waals surface area (Å²) >= 11 is 0. The van der Waals surface area contributed by atoms with Crippen molar-refractivity contribution in [1.82, 2.24) is 4.90 Å². The number of hydrogen-bond acceptors (Lipinski definition) is 3. The van der Waals surface area contributed by atoms with Crippen molar-refractivity contribution in [2.45, 2.75) is 24.8 Å². The van der Waals surface area contributed by atoms with Crippen LogP contribution in [-0.2, 0) is 27.2 Å². The van der Waals surface area contributed by atoms with Crippen molar-refractivity contribution in [3.63, 3.8) is 0 Å². The van der Waals surface area contributed by atoms with E-state index in [4.69, 9.17) is 0 Å². The van der Waals surface area contributed by atoms with E-state index in [2.05, 4.69) is 0 Å². The fourth-order valence-electron chi connectivity index (χ4n) is 2.20. The third-order valence-corrected chi connectivity index (χ3v) is 5.87. The van der Waals surface area contributed by atoms with E-state index in [1.165, 1.54) is 17.0 Å². The summed E-state index contributed by atoms with van der Waals surface area (Å²) in [5.74, 6) is -0.235. The van der Waals surface area contributed by atoms with Crippen LogP contribution in [0.15, 0.2) is 24.3 Å². The summed E-state index contributed by atoms with van der Waals surface area (Å²) in [7, 11) is -3.14. The molecule has 1 aliphatic rings. The molecule has 1 saturated heterocycles. The number of alkyl halides is 3. The zero-order valence-corrected chi connectivity index (χ0v) is 12.7. The van der Waals surface area contributed by atoms with Gasteiger partial charge in [0.25, 0.3) is 0 Å².